The van der Waals surface area contributed by atoms with Crippen LogP contribution in [0.25, 0.3) is 0 Å². The van der Waals surface area contributed by atoms with E-state index in [1.54, 1.807) is 18.2 Å². The van der Waals surface area contributed by atoms with Crippen molar-refractivity contribution in [3.05, 3.63) is 70.9 Å². The molecule has 0 aromatic heterocycles. The first-order valence-electron chi connectivity index (χ1n) is 10.5. The third kappa shape index (κ3) is 5.86. The van der Waals surface area contributed by atoms with Gasteiger partial charge in [0.1, 0.15) is 0 Å². The van der Waals surface area contributed by atoms with Crippen LogP contribution in [-0.4, -0.2) is 33.5 Å². The average molecular weight is 444 g/mol. The molecule has 0 spiro atoms. The van der Waals surface area contributed by atoms with Crippen LogP contribution >= 0.6 is 0 Å². The second-order valence-electron chi connectivity index (χ2n) is 8.28. The fourth-order valence-corrected chi connectivity index (χ4v) is 4.71. The number of quaternary nitrogens is 1. The molecule has 0 saturated carbocycles. The second-order valence-corrected chi connectivity index (χ2v) is 9.96. The van der Waals surface area contributed by atoms with Crippen LogP contribution in [0.1, 0.15) is 41.8 Å². The number of anilines is 1. The Balaban J connectivity index is 1.67. The van der Waals surface area contributed by atoms with Crippen LogP contribution in [0.3, 0.4) is 0 Å². The Bertz CT molecular complexity index is 1090. The van der Waals surface area contributed by atoms with E-state index in [0.717, 1.165) is 36.3 Å². The molecule has 8 heteroatoms. The van der Waals surface area contributed by atoms with E-state index in [2.05, 4.69) is 35.5 Å². The third-order valence-corrected chi connectivity index (χ3v) is 6.88. The Hall–Kier alpha value is -2.84. The van der Waals surface area contributed by atoms with Gasteiger partial charge < -0.3 is 10.3 Å². The fourth-order valence-electron chi connectivity index (χ4n) is 3.54. The van der Waals surface area contributed by atoms with Gasteiger partial charge in [-0.25, -0.2) is 8.42 Å². The molecule has 1 amide bonds. The van der Waals surface area contributed by atoms with Crippen LogP contribution in [-0.2, 0) is 10.0 Å². The lowest BCUT2D eigenvalue weighted by Crippen LogP contribution is -3.15. The molecule has 2 aromatic rings. The Morgan fingerprint density at radius 1 is 1.10 bits per heavy atom. The van der Waals surface area contributed by atoms with Gasteiger partial charge in [0.15, 0.2) is 0 Å². The number of sulfonamides is 1. The molecule has 3 rings (SSSR count). The first-order valence-corrected chi connectivity index (χ1v) is 11.9. The molecule has 1 aliphatic rings. The Morgan fingerprint density at radius 2 is 1.87 bits per heavy atom. The first kappa shape index (κ1) is 22.8. The summed E-state index contributed by atoms with van der Waals surface area (Å²) in [4.78, 5) is 14.1. The number of amides is 1. The molecule has 1 unspecified atom stereocenters. The van der Waals surface area contributed by atoms with Gasteiger partial charge in [0.25, 0.3) is 15.9 Å². The summed E-state index contributed by atoms with van der Waals surface area (Å²) in [6.07, 6.45) is 2.94. The van der Waals surface area contributed by atoms with Crippen molar-refractivity contribution in [1.29, 1.82) is 0 Å². The molecule has 7 nitrogen and oxygen atoms in total. The summed E-state index contributed by atoms with van der Waals surface area (Å²) in [5.41, 5.74) is 9.29. The standard InChI is InChI=1S/C23H30N4O3S/c1-16(2)27-12-10-20(11-13-27)24-25-23(28)19-6-5-7-21(15-19)31(29,30)26-22-9-8-17(3)14-18(22)4/h5-10,14-16,24,26H,11-13H2,1-4H3,(H,25,28)/p+1. The summed E-state index contributed by atoms with van der Waals surface area (Å²) in [7, 11) is -3.82. The van der Waals surface area contributed by atoms with Gasteiger partial charge in [0.05, 0.1) is 29.7 Å². The summed E-state index contributed by atoms with van der Waals surface area (Å²) in [6.45, 7) is 10.1. The maximum Gasteiger partial charge on any atom is 0.269 e. The second kappa shape index (κ2) is 9.53. The fraction of sp³-hybridized carbons (Fsp3) is 0.348. The Morgan fingerprint density at radius 3 is 2.52 bits per heavy atom. The third-order valence-electron chi connectivity index (χ3n) is 5.51. The summed E-state index contributed by atoms with van der Waals surface area (Å²) in [6, 6.07) is 12.1. The Kier molecular flexibility index (Phi) is 7.02. The van der Waals surface area contributed by atoms with Gasteiger partial charge in [-0.05, 0) is 63.6 Å². The van der Waals surface area contributed by atoms with Crippen LogP contribution in [0.2, 0.25) is 0 Å². The van der Waals surface area contributed by atoms with E-state index in [1.165, 1.54) is 17.0 Å². The van der Waals surface area contributed by atoms with Gasteiger partial charge in [-0.15, -0.1) is 0 Å². The molecule has 0 bridgehead atoms. The predicted molar refractivity (Wildman–Crippen MR) is 122 cm³/mol. The minimum Gasteiger partial charge on any atom is -0.329 e. The lowest BCUT2D eigenvalue weighted by atomic mass is 10.1. The topological polar surface area (TPSA) is 91.7 Å². The van der Waals surface area contributed by atoms with Crippen molar-refractivity contribution in [2.24, 2.45) is 0 Å². The van der Waals surface area contributed by atoms with E-state index in [0.29, 0.717) is 11.7 Å². The highest BCUT2D eigenvalue weighted by Crippen LogP contribution is 2.21. The molecule has 0 fully saturated rings. The average Bonchev–Trinajstić information content (AvgIpc) is 2.74. The summed E-state index contributed by atoms with van der Waals surface area (Å²) in [5, 5.41) is 0. The van der Waals surface area contributed by atoms with Crippen LogP contribution < -0.4 is 20.5 Å². The number of benzene rings is 2. The number of aryl methyl sites for hydroxylation is 2. The molecular weight excluding hydrogens is 412 g/mol. The van der Waals surface area contributed by atoms with Gasteiger partial charge in [-0.3, -0.25) is 14.9 Å². The van der Waals surface area contributed by atoms with Crippen molar-refractivity contribution in [3.63, 3.8) is 0 Å². The summed E-state index contributed by atoms with van der Waals surface area (Å²) < 4.78 is 28.3. The molecule has 0 saturated heterocycles. The number of hydrogen-bond donors (Lipinski definition) is 4. The normalized spacial score (nSPS) is 16.5. The maximum atomic E-state index is 12.8. The highest BCUT2D eigenvalue weighted by Gasteiger charge is 2.19. The summed E-state index contributed by atoms with van der Waals surface area (Å²) >= 11 is 0. The monoisotopic (exact) mass is 443 g/mol. The molecule has 1 heterocycles. The SMILES string of the molecule is Cc1ccc(NS(=O)(=O)c2cccc(C(=O)NNC3=CC[NH+](C(C)C)CC3)c2)c(C)c1. The number of carbonyl (C=O) groups excluding carboxylic acids is 1. The van der Waals surface area contributed by atoms with Crippen molar-refractivity contribution < 1.29 is 18.1 Å². The van der Waals surface area contributed by atoms with E-state index < -0.39 is 10.0 Å². The van der Waals surface area contributed by atoms with Gasteiger partial charge in [-0.2, -0.15) is 0 Å². The van der Waals surface area contributed by atoms with Crippen molar-refractivity contribution in [2.45, 2.75) is 45.1 Å². The molecule has 0 radical (unpaired) electrons. The smallest absolute Gasteiger partial charge is 0.269 e. The number of nitrogens with one attached hydrogen (secondary N) is 4. The van der Waals surface area contributed by atoms with Crippen molar-refractivity contribution >= 4 is 21.6 Å². The minimum absolute atomic E-state index is 0.0354. The van der Waals surface area contributed by atoms with Crippen molar-refractivity contribution in [1.82, 2.24) is 10.9 Å². The molecule has 0 aliphatic carbocycles. The largest absolute Gasteiger partial charge is 0.329 e. The van der Waals surface area contributed by atoms with E-state index >= 15 is 0 Å². The van der Waals surface area contributed by atoms with Crippen LogP contribution in [0.15, 0.2) is 59.1 Å². The number of hydrogen-bond acceptors (Lipinski definition) is 4. The molecule has 1 atom stereocenters. The number of hydrazine groups is 1. The van der Waals surface area contributed by atoms with Crippen molar-refractivity contribution in [3.8, 4) is 0 Å². The predicted octanol–water partition coefficient (Wildman–Crippen LogP) is 1.92. The molecule has 31 heavy (non-hydrogen) atoms. The van der Waals surface area contributed by atoms with Crippen LogP contribution in [0.5, 0.6) is 0 Å². The zero-order valence-corrected chi connectivity index (χ0v) is 19.3. The maximum absolute atomic E-state index is 12.8. The molecular formula is C23H31N4O3S+. The first-order chi connectivity index (χ1) is 14.7. The van der Waals surface area contributed by atoms with Gasteiger partial charge in [0, 0.05) is 17.7 Å². The quantitative estimate of drug-likeness (QED) is 0.492. The zero-order chi connectivity index (χ0) is 22.6. The molecule has 4 N–H and O–H groups in total. The summed E-state index contributed by atoms with van der Waals surface area (Å²) in [5.74, 6) is -0.386. The van der Waals surface area contributed by atoms with Crippen LogP contribution in [0.4, 0.5) is 5.69 Å². The lowest BCUT2D eigenvalue weighted by molar-refractivity contribution is -0.917. The zero-order valence-electron chi connectivity index (χ0n) is 18.5. The van der Waals surface area contributed by atoms with E-state index in [1.807, 2.05) is 26.0 Å². The van der Waals surface area contributed by atoms with Gasteiger partial charge >= 0.3 is 0 Å². The van der Waals surface area contributed by atoms with E-state index in [-0.39, 0.29) is 16.4 Å². The van der Waals surface area contributed by atoms with Crippen molar-refractivity contribution in [2.75, 3.05) is 17.8 Å². The highest BCUT2D eigenvalue weighted by molar-refractivity contribution is 7.92. The van der Waals surface area contributed by atoms with Crippen LogP contribution in [0, 0.1) is 13.8 Å². The van der Waals surface area contributed by atoms with Gasteiger partial charge in [-0.1, -0.05) is 23.8 Å². The molecule has 1 aliphatic heterocycles. The number of rotatable bonds is 7. The number of carbonyl (C=O) groups is 1. The molecule has 2 aromatic carbocycles. The van der Waals surface area contributed by atoms with E-state index in [4.69, 9.17) is 0 Å². The highest BCUT2D eigenvalue weighted by atomic mass is 32.2. The Labute approximate surface area is 184 Å². The van der Waals surface area contributed by atoms with E-state index in [9.17, 15) is 13.2 Å². The minimum atomic E-state index is -3.82. The molecule has 166 valence electrons. The van der Waals surface area contributed by atoms with Gasteiger partial charge in [0.2, 0.25) is 0 Å². The lowest BCUT2D eigenvalue weighted by Gasteiger charge is -2.27.